The molecular formula is C32H39NO4S. The lowest BCUT2D eigenvalue weighted by Gasteiger charge is -2.31. The van der Waals surface area contributed by atoms with E-state index in [0.717, 1.165) is 53.7 Å². The fraction of sp³-hybridized carbons (Fsp3) is 0.500. The van der Waals surface area contributed by atoms with Crippen molar-refractivity contribution in [1.82, 2.24) is 4.90 Å². The second kappa shape index (κ2) is 11.2. The van der Waals surface area contributed by atoms with Gasteiger partial charge in [0.25, 0.3) is 0 Å². The molecule has 5 rings (SSSR count). The fourth-order valence-electron chi connectivity index (χ4n) is 6.81. The van der Waals surface area contributed by atoms with Crippen molar-refractivity contribution >= 4 is 29.2 Å². The van der Waals surface area contributed by atoms with E-state index in [2.05, 4.69) is 19.9 Å². The number of carbonyl (C=O) groups excluding carboxylic acids is 2. The van der Waals surface area contributed by atoms with Crippen molar-refractivity contribution in [2.45, 2.75) is 78.9 Å². The number of likely N-dealkylation sites (tertiary alicyclic amines) is 1. The van der Waals surface area contributed by atoms with E-state index in [0.29, 0.717) is 25.3 Å². The van der Waals surface area contributed by atoms with Gasteiger partial charge in [0.2, 0.25) is 11.8 Å². The van der Waals surface area contributed by atoms with Crippen LogP contribution in [0.5, 0.6) is 5.75 Å². The van der Waals surface area contributed by atoms with Gasteiger partial charge in [-0.1, -0.05) is 43.6 Å². The Morgan fingerprint density at radius 3 is 2.55 bits per heavy atom. The number of fused-ring (bicyclic) bond motifs is 3. The second-order valence-electron chi connectivity index (χ2n) is 11.1. The van der Waals surface area contributed by atoms with Crippen molar-refractivity contribution in [2.24, 2.45) is 17.8 Å². The Balaban J connectivity index is 1.34. The van der Waals surface area contributed by atoms with Crippen molar-refractivity contribution < 1.29 is 19.4 Å². The number of carbonyl (C=O) groups is 2. The summed E-state index contributed by atoms with van der Waals surface area (Å²) in [5.74, 6) is -0.168. The number of imide groups is 1. The molecule has 0 spiro atoms. The van der Waals surface area contributed by atoms with Crippen molar-refractivity contribution in [3.05, 3.63) is 67.9 Å². The zero-order chi connectivity index (χ0) is 27.0. The van der Waals surface area contributed by atoms with Gasteiger partial charge in [-0.3, -0.25) is 14.5 Å². The highest BCUT2D eigenvalue weighted by Gasteiger charge is 2.56. The summed E-state index contributed by atoms with van der Waals surface area (Å²) in [6.07, 6.45) is 7.75. The lowest BCUT2D eigenvalue weighted by atomic mass is 9.69. The van der Waals surface area contributed by atoms with E-state index < -0.39 is 0 Å². The number of ether oxygens (including phenoxy) is 1. The predicted octanol–water partition coefficient (Wildman–Crippen LogP) is 6.96. The smallest absolute Gasteiger partial charge is 0.234 e. The van der Waals surface area contributed by atoms with Gasteiger partial charge in [-0.2, -0.15) is 0 Å². The van der Waals surface area contributed by atoms with Gasteiger partial charge in [0.15, 0.2) is 0 Å². The van der Waals surface area contributed by atoms with Crippen LogP contribution in [0.4, 0.5) is 0 Å². The summed E-state index contributed by atoms with van der Waals surface area (Å²) in [7, 11) is 0. The number of hydrogen-bond acceptors (Lipinski definition) is 5. The Bertz CT molecular complexity index is 1250. The van der Waals surface area contributed by atoms with E-state index in [9.17, 15) is 14.7 Å². The summed E-state index contributed by atoms with van der Waals surface area (Å²) < 4.78 is 6.40. The molecule has 0 unspecified atom stereocenters. The maximum absolute atomic E-state index is 13.6. The molecule has 0 radical (unpaired) electrons. The summed E-state index contributed by atoms with van der Waals surface area (Å²) in [6, 6.07) is 8.05. The van der Waals surface area contributed by atoms with Crippen LogP contribution in [-0.2, 0) is 20.9 Å². The zero-order valence-corrected chi connectivity index (χ0v) is 23.8. The number of benzene rings is 1. The highest BCUT2D eigenvalue weighted by atomic mass is 32.1. The maximum atomic E-state index is 13.6. The fourth-order valence-corrected chi connectivity index (χ4v) is 7.50. The molecule has 1 aromatic heterocycles. The molecule has 0 bridgehead atoms. The first-order chi connectivity index (χ1) is 18.3. The van der Waals surface area contributed by atoms with Crippen LogP contribution in [0.1, 0.15) is 73.9 Å². The van der Waals surface area contributed by atoms with Crippen LogP contribution < -0.4 is 0 Å². The predicted molar refractivity (Wildman–Crippen MR) is 152 cm³/mol. The highest BCUT2D eigenvalue weighted by Crippen LogP contribution is 2.50. The number of phenolic OH excluding ortho intramolecular Hbond substituents is 1. The SMILES string of the molecule is CCC/C(=C\c1cc(C)c(O)c(C)c1)CC[C@H]1OC[C@H]2C1=C(CC)C[C@H]1C(=O)N(Cc3cccs3)C(=O)[C@H]12. The quantitative estimate of drug-likeness (QED) is 0.279. The molecule has 3 heterocycles. The molecule has 3 aliphatic rings. The summed E-state index contributed by atoms with van der Waals surface area (Å²) in [5, 5.41) is 12.2. The second-order valence-corrected chi connectivity index (χ2v) is 12.1. The minimum atomic E-state index is -0.286. The molecule has 202 valence electrons. The first kappa shape index (κ1) is 26.9. The molecule has 1 N–H and O–H groups in total. The number of aromatic hydroxyl groups is 1. The Morgan fingerprint density at radius 2 is 1.89 bits per heavy atom. The lowest BCUT2D eigenvalue weighted by Crippen LogP contribution is -2.34. The Labute approximate surface area is 230 Å². The normalized spacial score (nSPS) is 25.4. The van der Waals surface area contributed by atoms with Gasteiger partial charge in [0, 0.05) is 10.8 Å². The molecule has 2 saturated heterocycles. The van der Waals surface area contributed by atoms with E-state index in [4.69, 9.17) is 4.74 Å². The third-order valence-corrected chi connectivity index (χ3v) is 9.46. The van der Waals surface area contributed by atoms with E-state index in [-0.39, 0.29) is 35.7 Å². The van der Waals surface area contributed by atoms with Crippen molar-refractivity contribution in [3.63, 3.8) is 0 Å². The molecule has 6 heteroatoms. The molecular weight excluding hydrogens is 494 g/mol. The maximum Gasteiger partial charge on any atom is 0.234 e. The van der Waals surface area contributed by atoms with Gasteiger partial charge in [-0.05, 0) is 91.8 Å². The summed E-state index contributed by atoms with van der Waals surface area (Å²) in [4.78, 5) is 29.5. The summed E-state index contributed by atoms with van der Waals surface area (Å²) >= 11 is 1.59. The van der Waals surface area contributed by atoms with E-state index in [1.165, 1.54) is 21.6 Å². The van der Waals surface area contributed by atoms with Crippen LogP contribution in [0.2, 0.25) is 0 Å². The Morgan fingerprint density at radius 1 is 1.13 bits per heavy atom. The third kappa shape index (κ3) is 5.01. The zero-order valence-electron chi connectivity index (χ0n) is 23.0. The lowest BCUT2D eigenvalue weighted by molar-refractivity contribution is -0.140. The van der Waals surface area contributed by atoms with Gasteiger partial charge in [-0.15, -0.1) is 11.3 Å². The van der Waals surface area contributed by atoms with Crippen LogP contribution in [-0.4, -0.2) is 34.5 Å². The van der Waals surface area contributed by atoms with Gasteiger partial charge >= 0.3 is 0 Å². The summed E-state index contributed by atoms with van der Waals surface area (Å²) in [5.41, 5.74) is 6.93. The van der Waals surface area contributed by atoms with Crippen molar-refractivity contribution in [2.75, 3.05) is 6.61 Å². The van der Waals surface area contributed by atoms with Crippen molar-refractivity contribution in [3.8, 4) is 5.75 Å². The minimum absolute atomic E-state index is 0.00509. The molecule has 2 amide bonds. The van der Waals surface area contributed by atoms with E-state index in [1.807, 2.05) is 43.5 Å². The molecule has 4 atom stereocenters. The molecule has 5 nitrogen and oxygen atoms in total. The molecule has 38 heavy (non-hydrogen) atoms. The van der Waals surface area contributed by atoms with Crippen LogP contribution in [0.25, 0.3) is 6.08 Å². The Hall–Kier alpha value is -2.70. The molecule has 1 aliphatic carbocycles. The summed E-state index contributed by atoms with van der Waals surface area (Å²) in [6.45, 7) is 9.16. The van der Waals surface area contributed by atoms with Gasteiger partial charge < -0.3 is 9.84 Å². The molecule has 2 fully saturated rings. The van der Waals surface area contributed by atoms with Gasteiger partial charge in [0.1, 0.15) is 5.75 Å². The van der Waals surface area contributed by atoms with Gasteiger partial charge in [0.05, 0.1) is 31.1 Å². The van der Waals surface area contributed by atoms with Crippen LogP contribution in [0.15, 0.2) is 46.4 Å². The first-order valence-electron chi connectivity index (χ1n) is 14.0. The van der Waals surface area contributed by atoms with Crippen molar-refractivity contribution in [1.29, 1.82) is 0 Å². The molecule has 2 aliphatic heterocycles. The third-order valence-electron chi connectivity index (χ3n) is 8.60. The monoisotopic (exact) mass is 533 g/mol. The molecule has 0 saturated carbocycles. The number of allylic oxidation sites excluding steroid dienone is 2. The molecule has 1 aromatic carbocycles. The topological polar surface area (TPSA) is 66.8 Å². The first-order valence-corrected chi connectivity index (χ1v) is 14.9. The van der Waals surface area contributed by atoms with Gasteiger partial charge in [-0.25, -0.2) is 0 Å². The number of rotatable bonds is 9. The molecule has 2 aromatic rings. The number of amides is 2. The van der Waals surface area contributed by atoms with Crippen LogP contribution in [0.3, 0.4) is 0 Å². The average Bonchev–Trinajstić information content (AvgIpc) is 3.62. The number of nitrogens with zero attached hydrogens (tertiary/aromatic N) is 1. The van der Waals surface area contributed by atoms with Crippen LogP contribution in [0, 0.1) is 31.6 Å². The minimum Gasteiger partial charge on any atom is -0.507 e. The van der Waals surface area contributed by atoms with E-state index in [1.54, 1.807) is 11.3 Å². The van der Waals surface area contributed by atoms with E-state index >= 15 is 0 Å². The standard InChI is InChI=1S/C32H39NO4S/c1-5-8-21(15-22-13-19(3)30(34)20(4)14-22)10-11-27-28-23(6-2)16-25-29(26(28)18-37-27)32(36)33(31(25)35)17-24-9-7-12-38-24/h7,9,12-15,25-27,29,34H,5-6,8,10-11,16-18H2,1-4H3/b21-15+/t25-,26+,27-,29-/m1/s1. The van der Waals surface area contributed by atoms with Crippen LogP contribution >= 0.6 is 11.3 Å². The highest BCUT2D eigenvalue weighted by molar-refractivity contribution is 7.09. The Kier molecular flexibility index (Phi) is 7.92. The number of aryl methyl sites for hydroxylation is 2. The number of thiophene rings is 1. The largest absolute Gasteiger partial charge is 0.507 e. The number of hydrogen-bond donors (Lipinski definition) is 1. The average molecular weight is 534 g/mol. The number of phenols is 1.